The fraction of sp³-hybridized carbons (Fsp3) is 0.0714. The third-order valence-corrected chi connectivity index (χ3v) is 2.64. The van der Waals surface area contributed by atoms with Gasteiger partial charge in [0.1, 0.15) is 11.8 Å². The van der Waals surface area contributed by atoms with Crippen LogP contribution in [0.4, 0.5) is 11.4 Å². The molecule has 5 heteroatoms. The first-order valence-electron chi connectivity index (χ1n) is 5.64. The van der Waals surface area contributed by atoms with Gasteiger partial charge < -0.3 is 11.1 Å². The summed E-state index contributed by atoms with van der Waals surface area (Å²) < 4.78 is 0. The van der Waals surface area contributed by atoms with E-state index >= 15 is 0 Å². The highest BCUT2D eigenvalue weighted by molar-refractivity contribution is 6.04. The van der Waals surface area contributed by atoms with Crippen LogP contribution >= 0.6 is 0 Å². The number of amides is 1. The Morgan fingerprint density at radius 3 is 2.89 bits per heavy atom. The van der Waals surface area contributed by atoms with Crippen LogP contribution in [0, 0.1) is 18.3 Å². The maximum absolute atomic E-state index is 12.1. The number of aryl methyl sites for hydroxylation is 1. The molecule has 3 N–H and O–H groups in total. The summed E-state index contributed by atoms with van der Waals surface area (Å²) >= 11 is 0. The van der Waals surface area contributed by atoms with Crippen LogP contribution in [0.15, 0.2) is 36.5 Å². The van der Waals surface area contributed by atoms with Gasteiger partial charge in [-0.05, 0) is 36.8 Å². The average Bonchev–Trinajstić information content (AvgIpc) is 2.41. The highest BCUT2D eigenvalue weighted by Gasteiger charge is 2.12. The predicted molar refractivity (Wildman–Crippen MR) is 72.5 cm³/mol. The normalized spacial score (nSPS) is 9.68. The molecule has 5 nitrogen and oxygen atoms in total. The molecule has 0 atom stereocenters. The summed E-state index contributed by atoms with van der Waals surface area (Å²) in [5.41, 5.74) is 7.92. The van der Waals surface area contributed by atoms with E-state index in [4.69, 9.17) is 11.0 Å². The van der Waals surface area contributed by atoms with Crippen molar-refractivity contribution < 1.29 is 4.79 Å². The first-order valence-corrected chi connectivity index (χ1v) is 5.64. The van der Waals surface area contributed by atoms with Crippen molar-refractivity contribution in [2.24, 2.45) is 0 Å². The maximum Gasteiger partial charge on any atom is 0.274 e. The van der Waals surface area contributed by atoms with Crippen molar-refractivity contribution in [2.45, 2.75) is 6.92 Å². The van der Waals surface area contributed by atoms with Gasteiger partial charge in [-0.15, -0.1) is 0 Å². The van der Waals surface area contributed by atoms with Gasteiger partial charge in [-0.3, -0.25) is 9.78 Å². The average molecular weight is 252 g/mol. The molecule has 0 saturated heterocycles. The Hall–Kier alpha value is -2.87. The number of hydrogen-bond acceptors (Lipinski definition) is 4. The first-order chi connectivity index (χ1) is 9.11. The topological polar surface area (TPSA) is 91.8 Å². The lowest BCUT2D eigenvalue weighted by atomic mass is 10.1. The lowest BCUT2D eigenvalue weighted by Gasteiger charge is -2.08. The van der Waals surface area contributed by atoms with E-state index in [0.717, 1.165) is 5.56 Å². The van der Waals surface area contributed by atoms with Crippen LogP contribution in [-0.4, -0.2) is 10.9 Å². The number of nitrogens with two attached hydrogens (primary N) is 1. The van der Waals surface area contributed by atoms with Gasteiger partial charge in [0.15, 0.2) is 0 Å². The van der Waals surface area contributed by atoms with Crippen LogP contribution in [0.2, 0.25) is 0 Å². The molecule has 0 bridgehead atoms. The Morgan fingerprint density at radius 1 is 1.42 bits per heavy atom. The van der Waals surface area contributed by atoms with Gasteiger partial charge >= 0.3 is 0 Å². The summed E-state index contributed by atoms with van der Waals surface area (Å²) in [4.78, 5) is 16.1. The molecule has 0 radical (unpaired) electrons. The number of benzene rings is 1. The Kier molecular flexibility index (Phi) is 3.44. The number of nitrogen functional groups attached to an aromatic ring is 1. The number of hydrogen-bond donors (Lipinski definition) is 2. The second-order valence-electron chi connectivity index (χ2n) is 4.04. The summed E-state index contributed by atoms with van der Waals surface area (Å²) in [6, 6.07) is 10.3. The monoisotopic (exact) mass is 252 g/mol. The molecule has 0 spiro atoms. The van der Waals surface area contributed by atoms with Crippen LogP contribution in [0.5, 0.6) is 0 Å². The molecular formula is C14H12N4O. The summed E-state index contributed by atoms with van der Waals surface area (Å²) in [5, 5.41) is 11.7. The predicted octanol–water partition coefficient (Wildman–Crippen LogP) is 2.10. The van der Waals surface area contributed by atoms with E-state index in [1.54, 1.807) is 37.4 Å². The van der Waals surface area contributed by atoms with Gasteiger partial charge in [0.05, 0.1) is 11.3 Å². The largest absolute Gasteiger partial charge is 0.399 e. The summed E-state index contributed by atoms with van der Waals surface area (Å²) in [6.45, 7) is 1.80. The molecule has 1 amide bonds. The van der Waals surface area contributed by atoms with Gasteiger partial charge in [0.2, 0.25) is 0 Å². The molecule has 0 aliphatic heterocycles. The minimum Gasteiger partial charge on any atom is -0.399 e. The highest BCUT2D eigenvalue weighted by Crippen LogP contribution is 2.19. The highest BCUT2D eigenvalue weighted by atomic mass is 16.1. The molecule has 2 aromatic rings. The van der Waals surface area contributed by atoms with Crippen LogP contribution in [0.3, 0.4) is 0 Å². The number of nitrogens with zero attached hydrogens (tertiary/aromatic N) is 2. The molecule has 1 heterocycles. The summed E-state index contributed by atoms with van der Waals surface area (Å²) in [6.07, 6.45) is 1.55. The zero-order valence-corrected chi connectivity index (χ0v) is 10.3. The zero-order chi connectivity index (χ0) is 13.8. The molecule has 0 saturated carbocycles. The minimum absolute atomic E-state index is 0.321. The molecule has 2 rings (SSSR count). The minimum atomic E-state index is -0.348. The quantitative estimate of drug-likeness (QED) is 0.800. The second-order valence-corrected chi connectivity index (χ2v) is 4.04. The van der Waals surface area contributed by atoms with E-state index in [-0.39, 0.29) is 5.91 Å². The third kappa shape index (κ3) is 2.69. The van der Waals surface area contributed by atoms with Gasteiger partial charge in [-0.1, -0.05) is 6.07 Å². The van der Waals surface area contributed by atoms with E-state index in [0.29, 0.717) is 22.6 Å². The standard InChI is InChI=1S/C14H12N4O/c1-9-3-2-6-17-13(9)14(19)18-12-5-4-11(16)7-10(12)8-15/h2-7H,16H2,1H3,(H,18,19). The van der Waals surface area contributed by atoms with Crippen molar-refractivity contribution in [3.63, 3.8) is 0 Å². The van der Waals surface area contributed by atoms with Crippen molar-refractivity contribution >= 4 is 17.3 Å². The number of nitriles is 1. The first kappa shape index (κ1) is 12.6. The van der Waals surface area contributed by atoms with E-state index < -0.39 is 0 Å². The van der Waals surface area contributed by atoms with Crippen molar-refractivity contribution in [2.75, 3.05) is 11.1 Å². The zero-order valence-electron chi connectivity index (χ0n) is 10.3. The Morgan fingerprint density at radius 2 is 2.21 bits per heavy atom. The Bertz CT molecular complexity index is 673. The molecule has 1 aromatic heterocycles. The second kappa shape index (κ2) is 5.19. The van der Waals surface area contributed by atoms with Gasteiger partial charge in [0.25, 0.3) is 5.91 Å². The van der Waals surface area contributed by atoms with E-state index in [1.165, 1.54) is 6.07 Å². The molecule has 19 heavy (non-hydrogen) atoms. The fourth-order valence-corrected chi connectivity index (χ4v) is 1.67. The van der Waals surface area contributed by atoms with E-state index in [1.807, 2.05) is 6.07 Å². The van der Waals surface area contributed by atoms with Gasteiger partial charge in [-0.25, -0.2) is 0 Å². The fourth-order valence-electron chi connectivity index (χ4n) is 1.67. The van der Waals surface area contributed by atoms with Crippen molar-refractivity contribution in [1.29, 1.82) is 5.26 Å². The third-order valence-electron chi connectivity index (χ3n) is 2.64. The number of anilines is 2. The van der Waals surface area contributed by atoms with Crippen LogP contribution in [0.25, 0.3) is 0 Å². The number of nitrogens with one attached hydrogen (secondary N) is 1. The molecule has 0 fully saturated rings. The Labute approximate surface area is 110 Å². The molecule has 0 aliphatic rings. The van der Waals surface area contributed by atoms with Crippen molar-refractivity contribution in [1.82, 2.24) is 4.98 Å². The van der Waals surface area contributed by atoms with Gasteiger partial charge in [0, 0.05) is 11.9 Å². The molecule has 94 valence electrons. The lowest BCUT2D eigenvalue weighted by Crippen LogP contribution is -2.15. The number of carbonyl (C=O) groups is 1. The van der Waals surface area contributed by atoms with Crippen LogP contribution in [0.1, 0.15) is 21.6 Å². The van der Waals surface area contributed by atoms with Crippen LogP contribution < -0.4 is 11.1 Å². The van der Waals surface area contributed by atoms with Crippen molar-refractivity contribution in [3.8, 4) is 6.07 Å². The molecule has 0 aliphatic carbocycles. The number of carbonyl (C=O) groups excluding carboxylic acids is 1. The molecule has 0 unspecified atom stereocenters. The van der Waals surface area contributed by atoms with E-state index in [9.17, 15) is 4.79 Å². The summed E-state index contributed by atoms with van der Waals surface area (Å²) in [5.74, 6) is -0.348. The van der Waals surface area contributed by atoms with Crippen molar-refractivity contribution in [3.05, 3.63) is 53.3 Å². The smallest absolute Gasteiger partial charge is 0.274 e. The summed E-state index contributed by atoms with van der Waals surface area (Å²) in [7, 11) is 0. The molecule has 1 aromatic carbocycles. The SMILES string of the molecule is Cc1cccnc1C(=O)Nc1ccc(N)cc1C#N. The number of pyridine rings is 1. The lowest BCUT2D eigenvalue weighted by molar-refractivity contribution is 0.102. The Balaban J connectivity index is 2.30. The maximum atomic E-state index is 12.1. The number of aromatic nitrogens is 1. The van der Waals surface area contributed by atoms with E-state index in [2.05, 4.69) is 10.3 Å². The molecular weight excluding hydrogens is 240 g/mol. The van der Waals surface area contributed by atoms with Crippen LogP contribution in [-0.2, 0) is 0 Å². The number of rotatable bonds is 2. The van der Waals surface area contributed by atoms with Gasteiger partial charge in [-0.2, -0.15) is 5.26 Å².